The number of ether oxygens (including phenoxy) is 1. The third-order valence-electron chi connectivity index (χ3n) is 1.48. The molecule has 14 heavy (non-hydrogen) atoms. The number of carbonyl (C=O) groups excluding carboxylic acids is 2. The molecule has 4 heteroatoms. The van der Waals surface area contributed by atoms with Crippen LogP contribution in [0, 0.1) is 0 Å². The van der Waals surface area contributed by atoms with Crippen LogP contribution in [0.25, 0.3) is 0 Å². The summed E-state index contributed by atoms with van der Waals surface area (Å²) in [6.45, 7) is 1.87. The van der Waals surface area contributed by atoms with Crippen molar-refractivity contribution in [2.24, 2.45) is 0 Å². The Morgan fingerprint density at radius 3 is 2.50 bits per heavy atom. The molecular formula is C10H10NO3. The molecule has 0 heterocycles. The molecule has 1 aromatic carbocycles. The van der Waals surface area contributed by atoms with Gasteiger partial charge in [-0.25, -0.2) is 4.79 Å². The second-order valence-electron chi connectivity index (χ2n) is 2.48. The molecule has 0 bridgehead atoms. The molecule has 2 amide bonds. The van der Waals surface area contributed by atoms with Crippen LogP contribution in [-0.2, 0) is 4.74 Å². The third kappa shape index (κ3) is 2.90. The van der Waals surface area contributed by atoms with Crippen molar-refractivity contribution in [3.05, 3.63) is 35.9 Å². The highest BCUT2D eigenvalue weighted by atomic mass is 16.5. The number of hydrogen-bond acceptors (Lipinski definition) is 3. The van der Waals surface area contributed by atoms with E-state index < -0.39 is 12.0 Å². The number of nitrogens with zero attached hydrogens (tertiary/aromatic N) is 1. The fourth-order valence-electron chi connectivity index (χ4n) is 0.884. The first-order valence-electron chi connectivity index (χ1n) is 4.22. The number of amides is 2. The van der Waals surface area contributed by atoms with Crippen molar-refractivity contribution in [1.82, 2.24) is 5.32 Å². The summed E-state index contributed by atoms with van der Waals surface area (Å²) >= 11 is 0. The first-order chi connectivity index (χ1) is 6.74. The zero-order valence-corrected chi connectivity index (χ0v) is 7.77. The monoisotopic (exact) mass is 192 g/mol. The second kappa shape index (κ2) is 5.01. The summed E-state index contributed by atoms with van der Waals surface area (Å²) in [6, 6.07) is 8.36. The molecule has 0 saturated heterocycles. The molecule has 0 aromatic heterocycles. The van der Waals surface area contributed by atoms with Crippen LogP contribution in [-0.4, -0.2) is 18.6 Å². The van der Waals surface area contributed by atoms with Gasteiger partial charge in [0.1, 0.15) is 0 Å². The Hall–Kier alpha value is -1.84. The quantitative estimate of drug-likeness (QED) is 0.714. The van der Waals surface area contributed by atoms with Crippen molar-refractivity contribution >= 4 is 12.0 Å². The van der Waals surface area contributed by atoms with Gasteiger partial charge in [0.25, 0.3) is 5.91 Å². The minimum atomic E-state index is -0.846. The van der Waals surface area contributed by atoms with Gasteiger partial charge in [0.2, 0.25) is 0 Å². The Labute approximate surface area is 81.9 Å². The summed E-state index contributed by atoms with van der Waals surface area (Å²) in [5.74, 6) is -0.580. The summed E-state index contributed by atoms with van der Waals surface area (Å²) in [6.07, 6.45) is -0.846. The maximum absolute atomic E-state index is 11.3. The van der Waals surface area contributed by atoms with Crippen molar-refractivity contribution in [2.75, 3.05) is 6.61 Å². The second-order valence-corrected chi connectivity index (χ2v) is 2.48. The van der Waals surface area contributed by atoms with Crippen molar-refractivity contribution in [2.45, 2.75) is 6.92 Å². The van der Waals surface area contributed by atoms with Gasteiger partial charge in [-0.05, 0) is 19.1 Å². The van der Waals surface area contributed by atoms with E-state index in [0.717, 1.165) is 0 Å². The van der Waals surface area contributed by atoms with Gasteiger partial charge in [0, 0.05) is 5.56 Å². The standard InChI is InChI=1S/C10H10NO3/c1-2-14-10(13)11-9(12)8-6-4-3-5-7-8/h3-7H,2H2,1H3. The van der Waals surface area contributed by atoms with Crippen LogP contribution in [0.3, 0.4) is 0 Å². The van der Waals surface area contributed by atoms with Crippen LogP contribution in [0.5, 0.6) is 0 Å². The highest BCUT2D eigenvalue weighted by molar-refractivity contribution is 6.02. The van der Waals surface area contributed by atoms with Gasteiger partial charge in [0.05, 0.1) is 6.61 Å². The SMILES string of the molecule is CCOC(=O)[N]C(=O)c1ccccc1. The third-order valence-corrected chi connectivity index (χ3v) is 1.48. The average Bonchev–Trinajstić information content (AvgIpc) is 2.19. The predicted octanol–water partition coefficient (Wildman–Crippen LogP) is 1.59. The highest BCUT2D eigenvalue weighted by Crippen LogP contribution is 1.98. The van der Waals surface area contributed by atoms with Gasteiger partial charge in [-0.1, -0.05) is 18.2 Å². The lowest BCUT2D eigenvalue weighted by Crippen LogP contribution is -2.23. The summed E-state index contributed by atoms with van der Waals surface area (Å²) in [4.78, 5) is 22.1. The van der Waals surface area contributed by atoms with E-state index in [0.29, 0.717) is 5.56 Å². The van der Waals surface area contributed by atoms with Gasteiger partial charge in [0.15, 0.2) is 0 Å². The van der Waals surface area contributed by atoms with Crippen LogP contribution in [0.15, 0.2) is 30.3 Å². The normalized spacial score (nSPS) is 9.21. The maximum Gasteiger partial charge on any atom is 0.437 e. The zero-order chi connectivity index (χ0) is 10.4. The topological polar surface area (TPSA) is 57.5 Å². The molecule has 0 aliphatic heterocycles. The van der Waals surface area contributed by atoms with Crippen molar-refractivity contribution in [1.29, 1.82) is 0 Å². The lowest BCUT2D eigenvalue weighted by atomic mass is 10.2. The van der Waals surface area contributed by atoms with Gasteiger partial charge in [-0.2, -0.15) is 0 Å². The molecule has 1 rings (SSSR count). The minimum Gasteiger partial charge on any atom is -0.448 e. The number of benzene rings is 1. The van der Waals surface area contributed by atoms with E-state index in [-0.39, 0.29) is 6.61 Å². The van der Waals surface area contributed by atoms with Crippen LogP contribution < -0.4 is 5.32 Å². The van der Waals surface area contributed by atoms with E-state index in [1.807, 2.05) is 0 Å². The molecule has 0 atom stereocenters. The Morgan fingerprint density at radius 2 is 1.93 bits per heavy atom. The Bertz CT molecular complexity index is 321. The molecular weight excluding hydrogens is 182 g/mol. The predicted molar refractivity (Wildman–Crippen MR) is 49.9 cm³/mol. The number of hydrogen-bond donors (Lipinski definition) is 0. The molecule has 73 valence electrons. The van der Waals surface area contributed by atoms with Crippen LogP contribution >= 0.6 is 0 Å². The molecule has 0 N–H and O–H groups in total. The van der Waals surface area contributed by atoms with Crippen LogP contribution in [0.2, 0.25) is 0 Å². The fourth-order valence-corrected chi connectivity index (χ4v) is 0.884. The Morgan fingerprint density at radius 1 is 1.29 bits per heavy atom. The van der Waals surface area contributed by atoms with E-state index >= 15 is 0 Å². The number of rotatable bonds is 2. The van der Waals surface area contributed by atoms with E-state index in [9.17, 15) is 9.59 Å². The molecule has 0 fully saturated rings. The fraction of sp³-hybridized carbons (Fsp3) is 0.200. The van der Waals surface area contributed by atoms with E-state index in [1.165, 1.54) is 0 Å². The molecule has 0 aliphatic carbocycles. The summed E-state index contributed by atoms with van der Waals surface area (Å²) in [7, 11) is 0. The van der Waals surface area contributed by atoms with Crippen LogP contribution in [0.1, 0.15) is 17.3 Å². The van der Waals surface area contributed by atoms with Crippen molar-refractivity contribution < 1.29 is 14.3 Å². The summed E-state index contributed by atoms with van der Waals surface area (Å²) < 4.78 is 4.51. The first kappa shape index (κ1) is 10.2. The van der Waals surface area contributed by atoms with Gasteiger partial charge in [-0.3, -0.25) is 4.79 Å². The molecule has 0 saturated carbocycles. The molecule has 0 aliphatic rings. The van der Waals surface area contributed by atoms with E-state index in [1.54, 1.807) is 37.3 Å². The summed E-state index contributed by atoms with van der Waals surface area (Å²) in [5.41, 5.74) is 0.376. The van der Waals surface area contributed by atoms with Crippen LogP contribution in [0.4, 0.5) is 4.79 Å². The van der Waals surface area contributed by atoms with Gasteiger partial charge in [-0.15, -0.1) is 5.32 Å². The number of carbonyl (C=O) groups is 2. The molecule has 1 aromatic rings. The Balaban J connectivity index is 2.55. The average molecular weight is 192 g/mol. The minimum absolute atomic E-state index is 0.213. The number of imide groups is 1. The van der Waals surface area contributed by atoms with Gasteiger partial charge < -0.3 is 4.74 Å². The zero-order valence-electron chi connectivity index (χ0n) is 7.77. The summed E-state index contributed by atoms with van der Waals surface area (Å²) in [5, 5.41) is 3.24. The molecule has 0 spiro atoms. The van der Waals surface area contributed by atoms with E-state index in [2.05, 4.69) is 10.1 Å². The highest BCUT2D eigenvalue weighted by Gasteiger charge is 2.12. The molecule has 0 unspecified atom stereocenters. The van der Waals surface area contributed by atoms with Gasteiger partial charge >= 0.3 is 6.09 Å². The molecule has 1 radical (unpaired) electrons. The smallest absolute Gasteiger partial charge is 0.437 e. The molecule has 4 nitrogen and oxygen atoms in total. The maximum atomic E-state index is 11.3. The lowest BCUT2D eigenvalue weighted by molar-refractivity contribution is 0.0919. The Kier molecular flexibility index (Phi) is 3.67. The largest absolute Gasteiger partial charge is 0.448 e. The van der Waals surface area contributed by atoms with Crippen molar-refractivity contribution in [3.8, 4) is 0 Å². The first-order valence-corrected chi connectivity index (χ1v) is 4.22. The van der Waals surface area contributed by atoms with E-state index in [4.69, 9.17) is 0 Å². The van der Waals surface area contributed by atoms with Crippen molar-refractivity contribution in [3.63, 3.8) is 0 Å². The lowest BCUT2D eigenvalue weighted by Gasteiger charge is -2.00.